The van der Waals surface area contributed by atoms with Crippen molar-refractivity contribution in [3.8, 4) is 0 Å². The molecule has 7 heteroatoms. The van der Waals surface area contributed by atoms with E-state index in [1.165, 1.54) is 6.92 Å². The van der Waals surface area contributed by atoms with Gasteiger partial charge in [-0.15, -0.1) is 0 Å². The minimum absolute atomic E-state index is 0.0218. The number of anilines is 1. The number of hydrogen-bond acceptors (Lipinski definition) is 4. The third-order valence-electron chi connectivity index (χ3n) is 3.45. The SMILES string of the molecule is CC(=O)Nc1ccc(CCNC(=O)CNC(=O)[C@@H](N)C(C)C)cc1. The highest BCUT2D eigenvalue weighted by Gasteiger charge is 2.17. The lowest BCUT2D eigenvalue weighted by molar-refractivity contribution is -0.127. The molecule has 0 aliphatic rings. The smallest absolute Gasteiger partial charge is 0.239 e. The average molecular weight is 334 g/mol. The lowest BCUT2D eigenvalue weighted by Crippen LogP contribution is -2.47. The van der Waals surface area contributed by atoms with Gasteiger partial charge in [0.25, 0.3) is 0 Å². The number of benzene rings is 1. The molecule has 132 valence electrons. The van der Waals surface area contributed by atoms with E-state index in [1.54, 1.807) is 0 Å². The Hall–Kier alpha value is -2.41. The quantitative estimate of drug-likeness (QED) is 0.551. The first-order valence-electron chi connectivity index (χ1n) is 7.96. The Labute approximate surface area is 142 Å². The molecule has 0 aromatic heterocycles. The zero-order chi connectivity index (χ0) is 18.1. The second kappa shape index (κ2) is 9.67. The van der Waals surface area contributed by atoms with Crippen LogP contribution >= 0.6 is 0 Å². The summed E-state index contributed by atoms with van der Waals surface area (Å²) in [5.41, 5.74) is 7.47. The van der Waals surface area contributed by atoms with Gasteiger partial charge in [-0.1, -0.05) is 26.0 Å². The molecule has 3 amide bonds. The lowest BCUT2D eigenvalue weighted by atomic mass is 10.1. The number of amides is 3. The predicted molar refractivity (Wildman–Crippen MR) is 93.3 cm³/mol. The first-order chi connectivity index (χ1) is 11.3. The Kier molecular flexibility index (Phi) is 7.91. The number of carbonyl (C=O) groups excluding carboxylic acids is 3. The van der Waals surface area contributed by atoms with Crippen molar-refractivity contribution in [1.29, 1.82) is 0 Å². The molecule has 0 spiro atoms. The first-order valence-corrected chi connectivity index (χ1v) is 7.96. The molecular formula is C17H26N4O3. The van der Waals surface area contributed by atoms with E-state index in [4.69, 9.17) is 5.73 Å². The Morgan fingerprint density at radius 3 is 2.25 bits per heavy atom. The van der Waals surface area contributed by atoms with Crippen LogP contribution in [0.3, 0.4) is 0 Å². The lowest BCUT2D eigenvalue weighted by Gasteiger charge is -2.15. The topological polar surface area (TPSA) is 113 Å². The minimum atomic E-state index is -0.611. The van der Waals surface area contributed by atoms with Gasteiger partial charge in [0.15, 0.2) is 0 Å². The fourth-order valence-electron chi connectivity index (χ4n) is 1.95. The van der Waals surface area contributed by atoms with Crippen LogP contribution in [0.1, 0.15) is 26.3 Å². The van der Waals surface area contributed by atoms with Gasteiger partial charge in [-0.05, 0) is 30.0 Å². The zero-order valence-electron chi connectivity index (χ0n) is 14.4. The summed E-state index contributed by atoms with van der Waals surface area (Å²) in [5.74, 6) is -0.675. The summed E-state index contributed by atoms with van der Waals surface area (Å²) >= 11 is 0. The van der Waals surface area contributed by atoms with E-state index in [0.29, 0.717) is 13.0 Å². The van der Waals surface area contributed by atoms with E-state index in [2.05, 4.69) is 16.0 Å². The van der Waals surface area contributed by atoms with Crippen molar-refractivity contribution in [2.24, 2.45) is 11.7 Å². The Morgan fingerprint density at radius 1 is 1.08 bits per heavy atom. The molecule has 1 rings (SSSR count). The van der Waals surface area contributed by atoms with Gasteiger partial charge in [-0.3, -0.25) is 14.4 Å². The summed E-state index contributed by atoms with van der Waals surface area (Å²) < 4.78 is 0. The summed E-state index contributed by atoms with van der Waals surface area (Å²) in [6.45, 7) is 5.53. The van der Waals surface area contributed by atoms with E-state index < -0.39 is 6.04 Å². The maximum atomic E-state index is 11.7. The summed E-state index contributed by atoms with van der Waals surface area (Å²) in [7, 11) is 0. The van der Waals surface area contributed by atoms with E-state index in [1.807, 2.05) is 38.1 Å². The van der Waals surface area contributed by atoms with Crippen molar-refractivity contribution in [2.75, 3.05) is 18.4 Å². The van der Waals surface area contributed by atoms with Crippen molar-refractivity contribution < 1.29 is 14.4 Å². The minimum Gasteiger partial charge on any atom is -0.354 e. The van der Waals surface area contributed by atoms with Crippen LogP contribution in [0.2, 0.25) is 0 Å². The highest BCUT2D eigenvalue weighted by molar-refractivity contribution is 5.88. The fraction of sp³-hybridized carbons (Fsp3) is 0.471. The van der Waals surface area contributed by atoms with Gasteiger partial charge in [0, 0.05) is 19.2 Å². The maximum Gasteiger partial charge on any atom is 0.239 e. The van der Waals surface area contributed by atoms with Gasteiger partial charge in [0.1, 0.15) is 0 Å². The number of carbonyl (C=O) groups is 3. The highest BCUT2D eigenvalue weighted by atomic mass is 16.2. The Balaban J connectivity index is 2.28. The number of hydrogen-bond donors (Lipinski definition) is 4. The second-order valence-electron chi connectivity index (χ2n) is 5.97. The third kappa shape index (κ3) is 7.23. The molecule has 7 nitrogen and oxygen atoms in total. The van der Waals surface area contributed by atoms with E-state index in [9.17, 15) is 14.4 Å². The van der Waals surface area contributed by atoms with Crippen molar-refractivity contribution in [3.63, 3.8) is 0 Å². The normalized spacial score (nSPS) is 11.7. The van der Waals surface area contributed by atoms with Crippen molar-refractivity contribution in [3.05, 3.63) is 29.8 Å². The van der Waals surface area contributed by atoms with Gasteiger partial charge in [-0.25, -0.2) is 0 Å². The first kappa shape index (κ1) is 19.6. The van der Waals surface area contributed by atoms with Crippen LogP contribution in [0, 0.1) is 5.92 Å². The molecule has 0 aliphatic heterocycles. The van der Waals surface area contributed by atoms with Gasteiger partial charge < -0.3 is 21.7 Å². The van der Waals surface area contributed by atoms with Crippen LogP contribution in [0.25, 0.3) is 0 Å². The summed E-state index contributed by atoms with van der Waals surface area (Å²) in [6.07, 6.45) is 0.658. The van der Waals surface area contributed by atoms with Crippen LogP contribution in [0.5, 0.6) is 0 Å². The van der Waals surface area contributed by atoms with Crippen LogP contribution in [0.15, 0.2) is 24.3 Å². The van der Waals surface area contributed by atoms with Crippen molar-refractivity contribution in [2.45, 2.75) is 33.2 Å². The largest absolute Gasteiger partial charge is 0.354 e. The predicted octanol–water partition coefficient (Wildman–Crippen LogP) is 0.403. The average Bonchev–Trinajstić information content (AvgIpc) is 2.52. The second-order valence-corrected chi connectivity index (χ2v) is 5.97. The van der Waals surface area contributed by atoms with Crippen LogP contribution in [-0.2, 0) is 20.8 Å². The fourth-order valence-corrected chi connectivity index (χ4v) is 1.95. The molecule has 0 bridgehead atoms. The number of nitrogens with one attached hydrogen (secondary N) is 3. The van der Waals surface area contributed by atoms with Crippen LogP contribution < -0.4 is 21.7 Å². The molecule has 5 N–H and O–H groups in total. The van der Waals surface area contributed by atoms with E-state index in [0.717, 1.165) is 11.3 Å². The molecule has 0 saturated heterocycles. The van der Waals surface area contributed by atoms with Gasteiger partial charge in [0.2, 0.25) is 17.7 Å². The molecule has 0 heterocycles. The van der Waals surface area contributed by atoms with Crippen LogP contribution in [-0.4, -0.2) is 36.9 Å². The summed E-state index contributed by atoms with van der Waals surface area (Å²) in [6, 6.07) is 6.79. The molecular weight excluding hydrogens is 308 g/mol. The molecule has 0 unspecified atom stereocenters. The molecule has 1 atom stereocenters. The maximum absolute atomic E-state index is 11.7. The van der Waals surface area contributed by atoms with Gasteiger partial charge in [-0.2, -0.15) is 0 Å². The highest BCUT2D eigenvalue weighted by Crippen LogP contribution is 2.09. The molecule has 0 radical (unpaired) electrons. The molecule has 0 fully saturated rings. The molecule has 0 aliphatic carbocycles. The van der Waals surface area contributed by atoms with Crippen molar-refractivity contribution in [1.82, 2.24) is 10.6 Å². The third-order valence-corrected chi connectivity index (χ3v) is 3.45. The van der Waals surface area contributed by atoms with Gasteiger partial charge in [0.05, 0.1) is 12.6 Å². The Morgan fingerprint density at radius 2 is 1.71 bits per heavy atom. The van der Waals surface area contributed by atoms with Crippen LogP contribution in [0.4, 0.5) is 5.69 Å². The van der Waals surface area contributed by atoms with Crippen molar-refractivity contribution >= 4 is 23.4 Å². The van der Waals surface area contributed by atoms with E-state index in [-0.39, 0.29) is 30.2 Å². The number of nitrogens with two attached hydrogens (primary N) is 1. The molecule has 0 saturated carbocycles. The number of rotatable bonds is 8. The summed E-state index contributed by atoms with van der Waals surface area (Å²) in [4.78, 5) is 34.3. The monoisotopic (exact) mass is 334 g/mol. The molecule has 1 aromatic rings. The zero-order valence-corrected chi connectivity index (χ0v) is 14.4. The Bertz CT molecular complexity index is 570. The molecule has 1 aromatic carbocycles. The van der Waals surface area contributed by atoms with Gasteiger partial charge >= 0.3 is 0 Å². The summed E-state index contributed by atoms with van der Waals surface area (Å²) in [5, 5.41) is 7.95. The standard InChI is InChI=1S/C17H26N4O3/c1-11(2)16(18)17(24)20-10-15(23)19-9-8-13-4-6-14(7-5-13)21-12(3)22/h4-7,11,16H,8-10,18H2,1-3H3,(H,19,23)(H,20,24)(H,21,22)/t16-/m0/s1. The molecule has 24 heavy (non-hydrogen) atoms. The van der Waals surface area contributed by atoms with E-state index >= 15 is 0 Å².